The molecule has 0 unspecified atom stereocenters. The van der Waals surface area contributed by atoms with Crippen LogP contribution >= 0.6 is 0 Å². The Morgan fingerprint density at radius 3 is 2.48 bits per heavy atom. The zero-order valence-corrected chi connectivity index (χ0v) is 12.4. The standard InChI is InChI=1S/C17H15F2NO3/c1-11(14-8-7-13(18)9-15(14)19)20-16(21)10-23-17(22)12-5-3-2-4-6-12/h2-9,11H,10H2,1H3,(H,20,21)/t11-/m0/s1. The number of rotatable bonds is 5. The Morgan fingerprint density at radius 1 is 1.13 bits per heavy atom. The zero-order valence-electron chi connectivity index (χ0n) is 12.4. The van der Waals surface area contributed by atoms with Gasteiger partial charge in [-0.15, -0.1) is 0 Å². The van der Waals surface area contributed by atoms with Gasteiger partial charge in [-0.2, -0.15) is 0 Å². The number of amides is 1. The van der Waals surface area contributed by atoms with Gasteiger partial charge >= 0.3 is 5.97 Å². The molecule has 2 aromatic carbocycles. The van der Waals surface area contributed by atoms with Gasteiger partial charge in [-0.1, -0.05) is 24.3 Å². The Labute approximate surface area is 132 Å². The summed E-state index contributed by atoms with van der Waals surface area (Å²) in [5.41, 5.74) is 0.479. The second kappa shape index (κ2) is 7.49. The van der Waals surface area contributed by atoms with E-state index < -0.39 is 36.2 Å². The molecule has 0 aromatic heterocycles. The van der Waals surface area contributed by atoms with Crippen molar-refractivity contribution < 1.29 is 23.1 Å². The van der Waals surface area contributed by atoms with E-state index in [9.17, 15) is 18.4 Å². The molecule has 0 bridgehead atoms. The molecule has 0 radical (unpaired) electrons. The minimum absolute atomic E-state index is 0.147. The van der Waals surface area contributed by atoms with E-state index in [0.717, 1.165) is 12.1 Å². The van der Waals surface area contributed by atoms with Crippen LogP contribution in [0.25, 0.3) is 0 Å². The molecular formula is C17H15F2NO3. The molecule has 0 aliphatic carbocycles. The van der Waals surface area contributed by atoms with Crippen LogP contribution in [0.2, 0.25) is 0 Å². The molecule has 2 aromatic rings. The summed E-state index contributed by atoms with van der Waals surface area (Å²) in [5, 5.41) is 2.48. The fourth-order valence-electron chi connectivity index (χ4n) is 2.00. The number of nitrogens with one attached hydrogen (secondary N) is 1. The topological polar surface area (TPSA) is 55.4 Å². The highest BCUT2D eigenvalue weighted by Crippen LogP contribution is 2.17. The number of ether oxygens (including phenoxy) is 1. The summed E-state index contributed by atoms with van der Waals surface area (Å²) in [6, 6.07) is 10.7. The predicted molar refractivity (Wildman–Crippen MR) is 79.6 cm³/mol. The largest absolute Gasteiger partial charge is 0.452 e. The normalized spacial score (nSPS) is 11.6. The van der Waals surface area contributed by atoms with Gasteiger partial charge in [0, 0.05) is 11.6 Å². The van der Waals surface area contributed by atoms with Gasteiger partial charge in [0.2, 0.25) is 0 Å². The highest BCUT2D eigenvalue weighted by molar-refractivity contribution is 5.91. The van der Waals surface area contributed by atoms with Crippen LogP contribution in [-0.4, -0.2) is 18.5 Å². The molecular weight excluding hydrogens is 304 g/mol. The number of halogens is 2. The summed E-state index contributed by atoms with van der Waals surface area (Å²) in [4.78, 5) is 23.4. The third-order valence-corrected chi connectivity index (χ3v) is 3.15. The molecule has 1 N–H and O–H groups in total. The van der Waals surface area contributed by atoms with E-state index in [2.05, 4.69) is 5.32 Å². The van der Waals surface area contributed by atoms with Gasteiger partial charge in [-0.3, -0.25) is 4.79 Å². The van der Waals surface area contributed by atoms with Crippen molar-refractivity contribution in [2.24, 2.45) is 0 Å². The molecule has 1 amide bonds. The van der Waals surface area contributed by atoms with Crippen molar-refractivity contribution in [1.82, 2.24) is 5.32 Å². The smallest absolute Gasteiger partial charge is 0.338 e. The van der Waals surface area contributed by atoms with Crippen LogP contribution in [0.4, 0.5) is 8.78 Å². The van der Waals surface area contributed by atoms with E-state index in [1.165, 1.54) is 6.07 Å². The lowest BCUT2D eigenvalue weighted by molar-refractivity contribution is -0.124. The minimum atomic E-state index is -0.751. The van der Waals surface area contributed by atoms with Gasteiger partial charge < -0.3 is 10.1 Å². The molecule has 0 aliphatic rings. The van der Waals surface area contributed by atoms with E-state index in [-0.39, 0.29) is 5.56 Å². The summed E-state index contributed by atoms with van der Waals surface area (Å²) in [5.74, 6) is -2.65. The molecule has 4 nitrogen and oxygen atoms in total. The molecule has 2 rings (SSSR count). The van der Waals surface area contributed by atoms with Gasteiger partial charge in [-0.25, -0.2) is 13.6 Å². The molecule has 1 atom stereocenters. The van der Waals surface area contributed by atoms with E-state index in [1.54, 1.807) is 37.3 Å². The number of benzene rings is 2. The maximum absolute atomic E-state index is 13.6. The zero-order chi connectivity index (χ0) is 16.8. The van der Waals surface area contributed by atoms with Crippen LogP contribution in [0.5, 0.6) is 0 Å². The van der Waals surface area contributed by atoms with Gasteiger partial charge in [0.1, 0.15) is 11.6 Å². The molecule has 23 heavy (non-hydrogen) atoms. The number of carbonyl (C=O) groups excluding carboxylic acids is 2. The predicted octanol–water partition coefficient (Wildman–Crippen LogP) is 3.00. The first-order chi connectivity index (χ1) is 11.0. The lowest BCUT2D eigenvalue weighted by atomic mass is 10.1. The summed E-state index contributed by atoms with van der Waals surface area (Å²) >= 11 is 0. The molecule has 0 aliphatic heterocycles. The summed E-state index contributed by atoms with van der Waals surface area (Å²) in [7, 11) is 0. The Hall–Kier alpha value is -2.76. The van der Waals surface area contributed by atoms with E-state index in [4.69, 9.17) is 4.74 Å². The average molecular weight is 319 g/mol. The number of esters is 1. The lowest BCUT2D eigenvalue weighted by Crippen LogP contribution is -2.31. The third kappa shape index (κ3) is 4.60. The maximum Gasteiger partial charge on any atom is 0.338 e. The van der Waals surface area contributed by atoms with Gasteiger partial charge in [0.15, 0.2) is 6.61 Å². The van der Waals surface area contributed by atoms with Crippen molar-refractivity contribution in [2.45, 2.75) is 13.0 Å². The van der Waals surface area contributed by atoms with Crippen molar-refractivity contribution in [3.05, 3.63) is 71.3 Å². The SMILES string of the molecule is C[C@H](NC(=O)COC(=O)c1ccccc1)c1ccc(F)cc1F. The van der Waals surface area contributed by atoms with Crippen LogP contribution in [0.3, 0.4) is 0 Å². The van der Waals surface area contributed by atoms with Crippen LogP contribution in [0.1, 0.15) is 28.9 Å². The molecule has 0 spiro atoms. The number of hydrogen-bond donors (Lipinski definition) is 1. The van der Waals surface area contributed by atoms with Crippen molar-refractivity contribution in [2.75, 3.05) is 6.61 Å². The first-order valence-corrected chi connectivity index (χ1v) is 6.94. The Balaban J connectivity index is 1.88. The Kier molecular flexibility index (Phi) is 5.41. The summed E-state index contributed by atoms with van der Waals surface area (Å²) < 4.78 is 31.3. The van der Waals surface area contributed by atoms with E-state index in [0.29, 0.717) is 5.56 Å². The van der Waals surface area contributed by atoms with Gasteiger partial charge in [-0.05, 0) is 25.1 Å². The molecule has 0 saturated heterocycles. The highest BCUT2D eigenvalue weighted by atomic mass is 19.1. The average Bonchev–Trinajstić information content (AvgIpc) is 2.53. The van der Waals surface area contributed by atoms with E-state index >= 15 is 0 Å². The fourth-order valence-corrected chi connectivity index (χ4v) is 2.00. The molecule has 0 fully saturated rings. The second-order valence-electron chi connectivity index (χ2n) is 4.90. The van der Waals surface area contributed by atoms with Crippen LogP contribution in [0, 0.1) is 11.6 Å². The first-order valence-electron chi connectivity index (χ1n) is 6.94. The van der Waals surface area contributed by atoms with Crippen molar-refractivity contribution >= 4 is 11.9 Å². The first kappa shape index (κ1) is 16.6. The Morgan fingerprint density at radius 2 is 1.83 bits per heavy atom. The van der Waals surface area contributed by atoms with Gasteiger partial charge in [0.05, 0.1) is 11.6 Å². The number of carbonyl (C=O) groups is 2. The monoisotopic (exact) mass is 319 g/mol. The molecule has 6 heteroatoms. The number of hydrogen-bond acceptors (Lipinski definition) is 3. The van der Waals surface area contributed by atoms with Crippen molar-refractivity contribution in [3.63, 3.8) is 0 Å². The van der Waals surface area contributed by atoms with Crippen molar-refractivity contribution in [1.29, 1.82) is 0 Å². The molecule has 120 valence electrons. The Bertz CT molecular complexity index is 704. The maximum atomic E-state index is 13.6. The van der Waals surface area contributed by atoms with Gasteiger partial charge in [0.25, 0.3) is 5.91 Å². The molecule has 0 saturated carbocycles. The lowest BCUT2D eigenvalue weighted by Gasteiger charge is -2.15. The highest BCUT2D eigenvalue weighted by Gasteiger charge is 2.16. The third-order valence-electron chi connectivity index (χ3n) is 3.15. The minimum Gasteiger partial charge on any atom is -0.452 e. The summed E-state index contributed by atoms with van der Waals surface area (Å²) in [6.07, 6.45) is 0. The van der Waals surface area contributed by atoms with Crippen molar-refractivity contribution in [3.8, 4) is 0 Å². The second-order valence-corrected chi connectivity index (χ2v) is 4.90. The van der Waals surface area contributed by atoms with Crippen LogP contribution < -0.4 is 5.32 Å². The summed E-state index contributed by atoms with van der Waals surface area (Å²) in [6.45, 7) is 1.06. The van der Waals surface area contributed by atoms with Crippen LogP contribution in [0.15, 0.2) is 48.5 Å². The van der Waals surface area contributed by atoms with E-state index in [1.807, 2.05) is 0 Å². The quantitative estimate of drug-likeness (QED) is 0.862. The molecule has 0 heterocycles. The fraction of sp³-hybridized carbons (Fsp3) is 0.176. The van der Waals surface area contributed by atoms with Crippen LogP contribution in [-0.2, 0) is 9.53 Å².